The van der Waals surface area contributed by atoms with Crippen LogP contribution in [-0.4, -0.2) is 54.0 Å². The van der Waals surface area contributed by atoms with Crippen LogP contribution in [0.2, 0.25) is 0 Å². The molecule has 0 aliphatic rings. The molecule has 17 rings (SSSR count). The van der Waals surface area contributed by atoms with E-state index in [1.54, 1.807) is 0 Å². The van der Waals surface area contributed by atoms with E-state index in [1.807, 2.05) is 194 Å². The lowest BCUT2D eigenvalue weighted by Crippen LogP contribution is -2.04. The molecule has 5 aromatic heterocycles. The van der Waals surface area contributed by atoms with Gasteiger partial charge in [0.2, 0.25) is 0 Å². The monoisotopic (exact) mass is 1200 g/mol. The van der Waals surface area contributed by atoms with Crippen molar-refractivity contribution in [2.75, 3.05) is 0 Å². The summed E-state index contributed by atoms with van der Waals surface area (Å²) in [5.74, 6) is 4.96. The zero-order chi connectivity index (χ0) is 62.5. The summed E-state index contributed by atoms with van der Waals surface area (Å²) in [6.45, 7) is 0. The third kappa shape index (κ3) is 9.95. The molecule has 0 saturated heterocycles. The molecule has 5 heterocycles. The van der Waals surface area contributed by atoms with Gasteiger partial charge in [0.05, 0.1) is 39.4 Å². The quantitative estimate of drug-likeness (QED) is 0.116. The molecule has 0 radical (unpaired) electrons. The van der Waals surface area contributed by atoms with E-state index < -0.39 is 0 Å². The van der Waals surface area contributed by atoms with E-state index in [4.69, 9.17) is 44.9 Å². The summed E-state index contributed by atoms with van der Waals surface area (Å²) in [7, 11) is 0. The van der Waals surface area contributed by atoms with Crippen LogP contribution in [0.1, 0.15) is 5.56 Å². The van der Waals surface area contributed by atoms with Crippen molar-refractivity contribution in [1.82, 2.24) is 54.0 Å². The number of hydrogen-bond donors (Lipinski definition) is 0. The average molecular weight is 1200 g/mol. The van der Waals surface area contributed by atoms with Gasteiger partial charge >= 0.3 is 0 Å². The highest BCUT2D eigenvalue weighted by Crippen LogP contribution is 2.44. The zero-order valence-electron chi connectivity index (χ0n) is 50.2. The predicted octanol–water partition coefficient (Wildman–Crippen LogP) is 19.0. The molecular formula is C82H50N12. The Kier molecular flexibility index (Phi) is 13.6. The third-order valence-corrected chi connectivity index (χ3v) is 17.1. The van der Waals surface area contributed by atoms with E-state index >= 15 is 0 Å². The van der Waals surface area contributed by atoms with Gasteiger partial charge < -0.3 is 9.13 Å². The molecule has 0 aliphatic heterocycles. The van der Waals surface area contributed by atoms with Crippen LogP contribution in [0.15, 0.2) is 303 Å². The highest BCUT2D eigenvalue weighted by atomic mass is 15.1. The van der Waals surface area contributed by atoms with Gasteiger partial charge in [0.1, 0.15) is 0 Å². The second kappa shape index (κ2) is 23.3. The topological polar surface area (TPSA) is 150 Å². The summed E-state index contributed by atoms with van der Waals surface area (Å²) in [6, 6.07) is 105. The number of hydrogen-bond acceptors (Lipinski definition) is 10. The number of nitriles is 1. The fourth-order valence-corrected chi connectivity index (χ4v) is 12.7. The van der Waals surface area contributed by atoms with Gasteiger partial charge in [-0.3, -0.25) is 0 Å². The molecule has 0 atom stereocenters. The first-order chi connectivity index (χ1) is 46.5. The second-order valence-electron chi connectivity index (χ2n) is 22.9. The maximum atomic E-state index is 11.0. The average Bonchev–Trinajstić information content (AvgIpc) is 1.55. The van der Waals surface area contributed by atoms with E-state index in [9.17, 15) is 5.26 Å². The van der Waals surface area contributed by atoms with Crippen LogP contribution < -0.4 is 0 Å². The van der Waals surface area contributed by atoms with Gasteiger partial charge in [-0.25, -0.2) is 44.9 Å². The molecule has 12 heteroatoms. The van der Waals surface area contributed by atoms with E-state index in [0.717, 1.165) is 116 Å². The molecule has 94 heavy (non-hydrogen) atoms. The predicted molar refractivity (Wildman–Crippen MR) is 374 cm³/mol. The fraction of sp³-hybridized carbons (Fsp3) is 0. The molecule has 0 spiro atoms. The van der Waals surface area contributed by atoms with E-state index in [0.29, 0.717) is 58.0 Å². The Morgan fingerprint density at radius 1 is 0.223 bits per heavy atom. The highest BCUT2D eigenvalue weighted by Gasteiger charge is 2.25. The Morgan fingerprint density at radius 2 is 0.553 bits per heavy atom. The molecular weight excluding hydrogens is 1150 g/mol. The van der Waals surface area contributed by atoms with E-state index in [1.165, 1.54) is 0 Å². The Hall–Kier alpha value is -13.2. The number of fused-ring (bicyclic) bond motifs is 6. The van der Waals surface area contributed by atoms with Crippen LogP contribution in [0.4, 0.5) is 0 Å². The van der Waals surface area contributed by atoms with Crippen molar-refractivity contribution >= 4 is 43.6 Å². The van der Waals surface area contributed by atoms with Gasteiger partial charge in [-0.1, -0.05) is 218 Å². The Balaban J connectivity index is 0.891. The van der Waals surface area contributed by atoms with Crippen molar-refractivity contribution in [3.63, 3.8) is 0 Å². The summed E-state index contributed by atoms with van der Waals surface area (Å²) in [6.07, 6.45) is 0. The number of para-hydroxylation sites is 2. The van der Waals surface area contributed by atoms with Gasteiger partial charge in [-0.15, -0.1) is 0 Å². The molecule has 17 aromatic rings. The molecule has 12 nitrogen and oxygen atoms in total. The number of benzene rings is 12. The molecule has 0 saturated carbocycles. The smallest absolute Gasteiger partial charge is 0.164 e. The minimum absolute atomic E-state index is 0.463. The van der Waals surface area contributed by atoms with E-state index in [2.05, 4.69) is 124 Å². The first-order valence-electron chi connectivity index (χ1n) is 30.9. The lowest BCUT2D eigenvalue weighted by molar-refractivity contribution is 1.07. The van der Waals surface area contributed by atoms with Crippen LogP contribution >= 0.6 is 0 Å². The first kappa shape index (κ1) is 54.9. The fourth-order valence-electron chi connectivity index (χ4n) is 12.7. The summed E-state index contributed by atoms with van der Waals surface area (Å²) in [5.41, 5.74) is 15.3. The lowest BCUT2D eigenvalue weighted by atomic mass is 9.94. The van der Waals surface area contributed by atoms with Crippen molar-refractivity contribution in [1.29, 1.82) is 5.26 Å². The van der Waals surface area contributed by atoms with Gasteiger partial charge in [0, 0.05) is 82.9 Å². The summed E-state index contributed by atoms with van der Waals surface area (Å²) in [4.78, 5) is 46.4. The summed E-state index contributed by atoms with van der Waals surface area (Å²) >= 11 is 0. The summed E-state index contributed by atoms with van der Waals surface area (Å²) < 4.78 is 4.61. The second-order valence-corrected chi connectivity index (χ2v) is 22.9. The molecule has 0 fully saturated rings. The van der Waals surface area contributed by atoms with Crippen LogP contribution in [0.5, 0.6) is 0 Å². The van der Waals surface area contributed by atoms with Gasteiger partial charge in [0.15, 0.2) is 52.4 Å². The minimum Gasteiger partial charge on any atom is -0.309 e. The van der Waals surface area contributed by atoms with Crippen LogP contribution in [0.3, 0.4) is 0 Å². The molecule has 12 aromatic carbocycles. The van der Waals surface area contributed by atoms with Crippen molar-refractivity contribution in [3.8, 4) is 131 Å². The largest absolute Gasteiger partial charge is 0.309 e. The minimum atomic E-state index is 0.463. The Morgan fingerprint density at radius 3 is 0.947 bits per heavy atom. The molecule has 0 aliphatic carbocycles. The molecule has 0 bridgehead atoms. The standard InChI is InChI=1S/C82H50N12/c83-51-52-39-44-72(94-70-38-22-20-36-63(70)68-49-60(41-46-73(68)94)81-89-76(55-27-11-3-12-28-55)85-77(90-81)56-29-13-4-14-30-56)66(47-52)65-50-61(42-43-64(65)82-91-78(57-31-15-5-16-32-57)86-79(92-82)58-33-17-6-18-34-58)93-69-37-21-19-35-62(69)67-48-59(40-45-71(67)93)80-87-74(53-23-7-1-8-24-53)84-75(88-80)54-25-9-2-10-26-54/h1-50H. The van der Waals surface area contributed by atoms with Crippen molar-refractivity contribution in [2.45, 2.75) is 0 Å². The number of aromatic nitrogens is 11. The SMILES string of the molecule is N#Cc1ccc(-n2c3ccccc3c3cc(-c4nc(-c5ccccc5)nc(-c5ccccc5)n4)ccc32)c(-c2cc(-n3c4ccccc4c4cc(-c5nc(-c6ccccc6)nc(-c6ccccc6)n5)ccc43)ccc2-c2nc(-c3ccccc3)nc(-c3ccccc3)n2)c1. The van der Waals surface area contributed by atoms with Crippen molar-refractivity contribution in [3.05, 3.63) is 309 Å². The van der Waals surface area contributed by atoms with Crippen molar-refractivity contribution in [2.24, 2.45) is 0 Å². The highest BCUT2D eigenvalue weighted by molar-refractivity contribution is 6.12. The van der Waals surface area contributed by atoms with Crippen LogP contribution in [-0.2, 0) is 0 Å². The first-order valence-corrected chi connectivity index (χ1v) is 30.9. The van der Waals surface area contributed by atoms with Crippen LogP contribution in [0, 0.1) is 11.3 Å². The molecule has 0 N–H and O–H groups in total. The Labute approximate surface area is 539 Å². The van der Waals surface area contributed by atoms with Crippen molar-refractivity contribution < 1.29 is 0 Å². The maximum Gasteiger partial charge on any atom is 0.164 e. The third-order valence-electron chi connectivity index (χ3n) is 17.1. The maximum absolute atomic E-state index is 11.0. The number of nitrogens with zero attached hydrogens (tertiary/aromatic N) is 12. The molecule has 438 valence electrons. The molecule has 0 amide bonds. The Bertz CT molecular complexity index is 5620. The van der Waals surface area contributed by atoms with Gasteiger partial charge in [-0.2, -0.15) is 5.26 Å². The van der Waals surface area contributed by atoms with Gasteiger partial charge in [0.25, 0.3) is 0 Å². The van der Waals surface area contributed by atoms with Crippen LogP contribution in [0.25, 0.3) is 169 Å². The normalized spacial score (nSPS) is 11.4. The zero-order valence-corrected chi connectivity index (χ0v) is 50.2. The van der Waals surface area contributed by atoms with Gasteiger partial charge in [-0.05, 0) is 90.5 Å². The molecule has 0 unspecified atom stereocenters. The number of rotatable bonds is 12. The summed E-state index contributed by atoms with van der Waals surface area (Å²) in [5, 5.41) is 15.1. The lowest BCUT2D eigenvalue weighted by Gasteiger charge is -2.19. The van der Waals surface area contributed by atoms with E-state index in [-0.39, 0.29) is 0 Å².